The van der Waals surface area contributed by atoms with E-state index in [0.29, 0.717) is 11.8 Å². The standard InChI is InChI=1S/C81H64N2O2/c1-7-27-53(28-8-1)59-43-23-45-65-67-47-25-49-71(79(67)84-77(59)65)82(57-35-15-5-16-36-57)73-51-69-75(63-41-21-19-39-61(63)73)76-64-42-22-20-40-62(64)74(52-70(76)81(69,55-31-11-3-12-32-55)56-33-13-4-14-34-56)83(58-37-17-6-18-38-58)72-50-26-48-68-66-46-24-44-60(78(66)85-80(68)72)54-29-9-2-10-30-54/h3-6,11-26,31-54H,1-2,7-10,27-30H2. The number of hydrogen-bond acceptors (Lipinski definition) is 4. The van der Waals surface area contributed by atoms with E-state index in [4.69, 9.17) is 8.83 Å². The summed E-state index contributed by atoms with van der Waals surface area (Å²) in [5, 5.41) is 9.35. The van der Waals surface area contributed by atoms with E-state index in [0.717, 1.165) is 78.0 Å². The number of nitrogens with zero attached hydrogens (tertiary/aromatic N) is 2. The SMILES string of the molecule is c1ccc(N(c2cc3c(c4ccccc24)-c2c(cc(N(c4ccccc4)c4cccc5c4oc4c(C6CCCCC6)cccc45)c4ccccc24)C3(c2ccccc2)c2ccccc2)c2cccc3c2oc2c(C4CCCCC4)cccc23)cc1. The second kappa shape index (κ2) is 20.3. The van der Waals surface area contributed by atoms with Crippen molar-refractivity contribution < 1.29 is 8.83 Å². The highest BCUT2D eigenvalue weighted by Crippen LogP contribution is 2.63. The summed E-state index contributed by atoms with van der Waals surface area (Å²) in [5.74, 6) is 0.986. The van der Waals surface area contributed by atoms with Crippen LogP contribution in [0.25, 0.3) is 76.5 Å². The Hall–Kier alpha value is -9.64. The van der Waals surface area contributed by atoms with Crippen molar-refractivity contribution in [3.63, 3.8) is 0 Å². The van der Waals surface area contributed by atoms with Crippen LogP contribution < -0.4 is 9.80 Å². The third-order valence-electron chi connectivity index (χ3n) is 19.7. The van der Waals surface area contributed by atoms with Gasteiger partial charge in [0.15, 0.2) is 11.2 Å². The van der Waals surface area contributed by atoms with Gasteiger partial charge in [-0.1, -0.05) is 245 Å². The second-order valence-electron chi connectivity index (χ2n) is 24.2. The van der Waals surface area contributed by atoms with Crippen molar-refractivity contribution in [2.45, 2.75) is 81.5 Å². The summed E-state index contributed by atoms with van der Waals surface area (Å²) < 4.78 is 14.8. The number of furan rings is 2. The molecule has 0 atom stereocenters. The Morgan fingerprint density at radius 1 is 0.282 bits per heavy atom. The summed E-state index contributed by atoms with van der Waals surface area (Å²) in [6, 6.07) is 95.2. The average Bonchev–Trinajstić information content (AvgIpc) is 2.03. The van der Waals surface area contributed by atoms with Gasteiger partial charge in [-0.3, -0.25) is 0 Å². The van der Waals surface area contributed by atoms with Crippen LogP contribution in [0.3, 0.4) is 0 Å². The number of anilines is 6. The largest absolute Gasteiger partial charge is 0.454 e. The van der Waals surface area contributed by atoms with Crippen LogP contribution in [0.15, 0.2) is 264 Å². The van der Waals surface area contributed by atoms with Crippen molar-refractivity contribution in [2.75, 3.05) is 9.80 Å². The minimum Gasteiger partial charge on any atom is -0.454 e. The molecule has 410 valence electrons. The molecule has 17 rings (SSSR count). The normalized spacial score (nSPS) is 15.3. The van der Waals surface area contributed by atoms with Gasteiger partial charge in [0.2, 0.25) is 0 Å². The summed E-state index contributed by atoms with van der Waals surface area (Å²) in [6.45, 7) is 0. The number of benzene rings is 12. The minimum absolute atomic E-state index is 0.493. The first kappa shape index (κ1) is 49.9. The van der Waals surface area contributed by atoms with Crippen LogP contribution in [-0.4, -0.2) is 0 Å². The van der Waals surface area contributed by atoms with Crippen LogP contribution in [0.5, 0.6) is 0 Å². The van der Waals surface area contributed by atoms with Crippen LogP contribution >= 0.6 is 0 Å². The van der Waals surface area contributed by atoms with Crippen molar-refractivity contribution in [3.8, 4) is 11.1 Å². The van der Waals surface area contributed by atoms with Gasteiger partial charge in [0.1, 0.15) is 11.2 Å². The van der Waals surface area contributed by atoms with Crippen LogP contribution in [0.2, 0.25) is 0 Å². The molecule has 3 aliphatic carbocycles. The summed E-state index contributed by atoms with van der Waals surface area (Å²) >= 11 is 0. The van der Waals surface area contributed by atoms with Crippen molar-refractivity contribution in [2.24, 2.45) is 0 Å². The van der Waals surface area contributed by atoms with E-state index in [-0.39, 0.29) is 0 Å². The van der Waals surface area contributed by atoms with E-state index >= 15 is 0 Å². The van der Waals surface area contributed by atoms with E-state index in [2.05, 4.69) is 265 Å². The minimum atomic E-state index is -0.810. The summed E-state index contributed by atoms with van der Waals surface area (Å²) in [4.78, 5) is 4.98. The van der Waals surface area contributed by atoms with Crippen LogP contribution in [0, 0.1) is 0 Å². The van der Waals surface area contributed by atoms with E-state index in [9.17, 15) is 0 Å². The third kappa shape index (κ3) is 7.73. The van der Waals surface area contributed by atoms with Gasteiger partial charge in [-0.2, -0.15) is 0 Å². The lowest BCUT2D eigenvalue weighted by atomic mass is 9.67. The highest BCUT2D eigenvalue weighted by atomic mass is 16.3. The summed E-state index contributed by atoms with van der Waals surface area (Å²) in [7, 11) is 0. The molecule has 2 fully saturated rings. The smallest absolute Gasteiger partial charge is 0.159 e. The molecule has 14 aromatic rings. The number of rotatable bonds is 10. The molecule has 12 aromatic carbocycles. The van der Waals surface area contributed by atoms with Crippen molar-refractivity contribution >= 4 is 99.5 Å². The van der Waals surface area contributed by atoms with E-state index in [1.807, 2.05) is 0 Å². The van der Waals surface area contributed by atoms with Crippen molar-refractivity contribution in [3.05, 3.63) is 288 Å². The third-order valence-corrected chi connectivity index (χ3v) is 19.7. The van der Waals surface area contributed by atoms with Crippen molar-refractivity contribution in [1.29, 1.82) is 0 Å². The summed E-state index contributed by atoms with van der Waals surface area (Å²) in [6.07, 6.45) is 12.5. The zero-order valence-electron chi connectivity index (χ0n) is 47.7. The Kier molecular flexibility index (Phi) is 11.9. The van der Waals surface area contributed by atoms with E-state index < -0.39 is 5.41 Å². The molecule has 0 spiro atoms. The van der Waals surface area contributed by atoms with Crippen LogP contribution in [-0.2, 0) is 5.41 Å². The zero-order valence-corrected chi connectivity index (χ0v) is 47.7. The Morgan fingerprint density at radius 3 is 1.01 bits per heavy atom. The Labute approximate surface area is 496 Å². The Balaban J connectivity index is 0.970. The van der Waals surface area contributed by atoms with Crippen LogP contribution in [0.4, 0.5) is 34.1 Å². The lowest BCUT2D eigenvalue weighted by molar-refractivity contribution is 0.442. The van der Waals surface area contributed by atoms with Gasteiger partial charge in [0.25, 0.3) is 0 Å². The summed E-state index contributed by atoms with van der Waals surface area (Å²) in [5.41, 5.74) is 19.4. The lowest BCUT2D eigenvalue weighted by Crippen LogP contribution is -2.29. The van der Waals surface area contributed by atoms with Gasteiger partial charge in [0, 0.05) is 43.7 Å². The molecule has 0 radical (unpaired) electrons. The fourth-order valence-electron chi connectivity index (χ4n) is 16.0. The first-order chi connectivity index (χ1) is 42.2. The monoisotopic (exact) mass is 1100 g/mol. The molecule has 4 heteroatoms. The van der Waals surface area contributed by atoms with Gasteiger partial charge >= 0.3 is 0 Å². The molecule has 85 heavy (non-hydrogen) atoms. The predicted octanol–water partition coefficient (Wildman–Crippen LogP) is 23.2. The molecule has 0 bridgehead atoms. The Bertz CT molecular complexity index is 4550. The predicted molar refractivity (Wildman–Crippen MR) is 354 cm³/mol. The molecule has 0 amide bonds. The molecule has 2 saturated carbocycles. The van der Waals surface area contributed by atoms with Gasteiger partial charge < -0.3 is 18.6 Å². The maximum absolute atomic E-state index is 7.41. The maximum Gasteiger partial charge on any atom is 0.159 e. The van der Waals surface area contributed by atoms with Gasteiger partial charge in [-0.05, 0) is 141 Å². The molecule has 3 aliphatic rings. The first-order valence-electron chi connectivity index (χ1n) is 31.0. The zero-order chi connectivity index (χ0) is 56.0. The van der Waals surface area contributed by atoms with Gasteiger partial charge in [-0.25, -0.2) is 0 Å². The molecule has 0 aliphatic heterocycles. The molecular formula is C81H64N2O2. The lowest BCUT2D eigenvalue weighted by Gasteiger charge is -2.36. The fourth-order valence-corrected chi connectivity index (χ4v) is 16.0. The molecule has 0 unspecified atom stereocenters. The molecular weight excluding hydrogens is 1030 g/mol. The Morgan fingerprint density at radius 2 is 0.612 bits per heavy atom. The average molecular weight is 1100 g/mol. The van der Waals surface area contributed by atoms with E-state index in [1.54, 1.807) is 0 Å². The van der Waals surface area contributed by atoms with Crippen LogP contribution in [0.1, 0.15) is 109 Å². The number of para-hydroxylation sites is 6. The maximum atomic E-state index is 7.41. The fraction of sp³-hybridized carbons (Fsp3) is 0.160. The highest BCUT2D eigenvalue weighted by molar-refractivity contribution is 6.20. The number of fused-ring (bicyclic) bond motifs is 13. The topological polar surface area (TPSA) is 32.8 Å². The molecule has 2 heterocycles. The molecule has 2 aromatic heterocycles. The molecule has 4 nitrogen and oxygen atoms in total. The number of hydrogen-bond donors (Lipinski definition) is 0. The van der Waals surface area contributed by atoms with Crippen molar-refractivity contribution in [1.82, 2.24) is 0 Å². The van der Waals surface area contributed by atoms with Gasteiger partial charge in [0.05, 0.1) is 28.2 Å². The highest BCUT2D eigenvalue weighted by Gasteiger charge is 2.49. The first-order valence-corrected chi connectivity index (χ1v) is 31.0. The van der Waals surface area contributed by atoms with E-state index in [1.165, 1.54) is 130 Å². The van der Waals surface area contributed by atoms with Gasteiger partial charge in [-0.15, -0.1) is 0 Å². The molecule has 0 saturated heterocycles. The second-order valence-corrected chi connectivity index (χ2v) is 24.2. The quantitative estimate of drug-likeness (QED) is 0.137. The molecule has 0 N–H and O–H groups in total.